The Morgan fingerprint density at radius 1 is 1.13 bits per heavy atom. The molecular formula is C24H23N5O. The van der Waals surface area contributed by atoms with Gasteiger partial charge in [-0.3, -0.25) is 4.79 Å². The molecule has 1 aliphatic heterocycles. The van der Waals surface area contributed by atoms with Crippen molar-refractivity contribution in [2.75, 3.05) is 13.1 Å². The van der Waals surface area contributed by atoms with E-state index < -0.39 is 0 Å². The normalized spacial score (nSPS) is 14.1. The predicted octanol–water partition coefficient (Wildman–Crippen LogP) is 4.00. The number of fused-ring (bicyclic) bond motifs is 1. The summed E-state index contributed by atoms with van der Waals surface area (Å²) in [7, 11) is 0. The molecule has 0 radical (unpaired) electrons. The van der Waals surface area contributed by atoms with Gasteiger partial charge in [0.1, 0.15) is 5.65 Å². The van der Waals surface area contributed by atoms with Crippen LogP contribution >= 0.6 is 0 Å². The third-order valence-electron chi connectivity index (χ3n) is 5.64. The van der Waals surface area contributed by atoms with Crippen LogP contribution < -0.4 is 0 Å². The lowest BCUT2D eigenvalue weighted by molar-refractivity contribution is -0.130. The lowest BCUT2D eigenvalue weighted by Crippen LogP contribution is -2.34. The summed E-state index contributed by atoms with van der Waals surface area (Å²) in [5.74, 6) is 0.193. The Bertz CT molecular complexity index is 1200. The van der Waals surface area contributed by atoms with E-state index in [4.69, 9.17) is 0 Å². The summed E-state index contributed by atoms with van der Waals surface area (Å²) in [5, 5.41) is 5.55. The van der Waals surface area contributed by atoms with Crippen molar-refractivity contribution in [3.05, 3.63) is 84.5 Å². The number of aromatic amines is 1. The van der Waals surface area contributed by atoms with Crippen LogP contribution in [0.3, 0.4) is 0 Å². The Morgan fingerprint density at radius 2 is 2.03 bits per heavy atom. The van der Waals surface area contributed by atoms with E-state index in [1.807, 2.05) is 64.6 Å². The van der Waals surface area contributed by atoms with Crippen molar-refractivity contribution in [3.8, 4) is 5.69 Å². The van der Waals surface area contributed by atoms with Crippen LogP contribution in [0.5, 0.6) is 0 Å². The summed E-state index contributed by atoms with van der Waals surface area (Å²) in [6.45, 7) is 1.41. The van der Waals surface area contributed by atoms with Gasteiger partial charge >= 0.3 is 0 Å². The van der Waals surface area contributed by atoms with Gasteiger partial charge < -0.3 is 9.88 Å². The molecule has 1 aromatic carbocycles. The number of nitrogens with zero attached hydrogens (tertiary/aromatic N) is 4. The molecule has 1 aliphatic rings. The average molecular weight is 397 g/mol. The number of aromatic nitrogens is 4. The molecule has 4 aromatic rings. The highest BCUT2D eigenvalue weighted by Crippen LogP contribution is 2.28. The summed E-state index contributed by atoms with van der Waals surface area (Å²) in [5.41, 5.74) is 5.48. The fourth-order valence-electron chi connectivity index (χ4n) is 3.98. The maximum Gasteiger partial charge on any atom is 0.223 e. The molecule has 6 nitrogen and oxygen atoms in total. The first-order valence-corrected chi connectivity index (χ1v) is 10.3. The van der Waals surface area contributed by atoms with E-state index in [0.29, 0.717) is 19.4 Å². The van der Waals surface area contributed by atoms with Gasteiger partial charge in [0.15, 0.2) is 0 Å². The number of aryl methyl sites for hydroxylation is 1. The highest BCUT2D eigenvalue weighted by atomic mass is 16.2. The fraction of sp³-hybridized carbons (Fsp3) is 0.208. The highest BCUT2D eigenvalue weighted by Gasteiger charge is 2.19. The van der Waals surface area contributed by atoms with Gasteiger partial charge in [0.25, 0.3) is 0 Å². The number of nitrogens with one attached hydrogen (secondary N) is 1. The van der Waals surface area contributed by atoms with Gasteiger partial charge in [-0.05, 0) is 48.2 Å². The van der Waals surface area contributed by atoms with Gasteiger partial charge in [0.05, 0.1) is 11.9 Å². The smallest absolute Gasteiger partial charge is 0.223 e. The summed E-state index contributed by atoms with van der Waals surface area (Å²) >= 11 is 0. The summed E-state index contributed by atoms with van der Waals surface area (Å²) in [6.07, 6.45) is 11.9. The molecule has 1 N–H and O–H groups in total. The van der Waals surface area contributed by atoms with Gasteiger partial charge in [0, 0.05) is 49.1 Å². The van der Waals surface area contributed by atoms with E-state index in [1.54, 1.807) is 6.20 Å². The zero-order valence-corrected chi connectivity index (χ0v) is 16.7. The van der Waals surface area contributed by atoms with Gasteiger partial charge in [0.2, 0.25) is 5.91 Å². The van der Waals surface area contributed by atoms with Gasteiger partial charge in [-0.1, -0.05) is 24.3 Å². The van der Waals surface area contributed by atoms with Gasteiger partial charge in [-0.2, -0.15) is 5.10 Å². The molecule has 150 valence electrons. The molecule has 0 atom stereocenters. The quantitative estimate of drug-likeness (QED) is 0.554. The minimum atomic E-state index is 0.193. The molecule has 30 heavy (non-hydrogen) atoms. The van der Waals surface area contributed by atoms with Gasteiger partial charge in [-0.25, -0.2) is 9.67 Å². The summed E-state index contributed by atoms with van der Waals surface area (Å²) < 4.78 is 1.85. The molecule has 0 bridgehead atoms. The van der Waals surface area contributed by atoms with E-state index in [-0.39, 0.29) is 5.91 Å². The molecule has 0 saturated carbocycles. The predicted molar refractivity (Wildman–Crippen MR) is 117 cm³/mol. The van der Waals surface area contributed by atoms with Crippen molar-refractivity contribution in [1.82, 2.24) is 24.6 Å². The van der Waals surface area contributed by atoms with Crippen LogP contribution in [0.15, 0.2) is 73.3 Å². The molecule has 5 rings (SSSR count). The maximum absolute atomic E-state index is 12.7. The lowest BCUT2D eigenvalue weighted by atomic mass is 9.99. The number of H-pyrrole nitrogens is 1. The topological polar surface area (TPSA) is 66.8 Å². The molecule has 0 unspecified atom stereocenters. The monoisotopic (exact) mass is 397 g/mol. The standard InChI is InChI=1S/C24H23N5O/c30-23(9-8-18-15-27-29(17-18)20-5-2-1-3-6-20)28-13-10-19(11-14-28)22-16-26-24-21(22)7-4-12-25-24/h1-7,10,12,15-17H,8-9,11,13-14H2,(H,25,26). The number of hydrogen-bond acceptors (Lipinski definition) is 3. The molecule has 0 aliphatic carbocycles. The van der Waals surface area contributed by atoms with Crippen LogP contribution in [0.25, 0.3) is 22.3 Å². The minimum absolute atomic E-state index is 0.193. The van der Waals surface area contributed by atoms with Crippen LogP contribution in [0.2, 0.25) is 0 Å². The van der Waals surface area contributed by atoms with Crippen LogP contribution in [0.1, 0.15) is 24.0 Å². The second-order valence-electron chi connectivity index (χ2n) is 7.55. The van der Waals surface area contributed by atoms with Crippen molar-refractivity contribution < 1.29 is 4.79 Å². The average Bonchev–Trinajstić information content (AvgIpc) is 3.46. The SMILES string of the molecule is O=C(CCc1cnn(-c2ccccc2)c1)N1CC=C(c2c[nH]c3ncccc23)CC1. The molecule has 6 heteroatoms. The Balaban J connectivity index is 1.20. The van der Waals surface area contributed by atoms with Crippen molar-refractivity contribution in [3.63, 3.8) is 0 Å². The first kappa shape index (κ1) is 18.4. The molecule has 1 amide bonds. The van der Waals surface area contributed by atoms with Gasteiger partial charge in [-0.15, -0.1) is 0 Å². The first-order chi connectivity index (χ1) is 14.8. The number of hydrogen-bond donors (Lipinski definition) is 1. The van der Waals surface area contributed by atoms with Crippen LogP contribution in [0.4, 0.5) is 0 Å². The second-order valence-corrected chi connectivity index (χ2v) is 7.55. The third kappa shape index (κ3) is 3.64. The van der Waals surface area contributed by atoms with Crippen LogP contribution in [-0.4, -0.2) is 43.6 Å². The van der Waals surface area contributed by atoms with E-state index in [2.05, 4.69) is 27.2 Å². The van der Waals surface area contributed by atoms with E-state index in [0.717, 1.165) is 35.2 Å². The summed E-state index contributed by atoms with van der Waals surface area (Å²) in [4.78, 5) is 22.2. The highest BCUT2D eigenvalue weighted by molar-refractivity contribution is 5.91. The minimum Gasteiger partial charge on any atom is -0.346 e. The number of benzene rings is 1. The molecular weight excluding hydrogens is 374 g/mol. The molecule has 4 heterocycles. The second kappa shape index (κ2) is 7.99. The van der Waals surface area contributed by atoms with Crippen molar-refractivity contribution in [1.29, 1.82) is 0 Å². The Morgan fingerprint density at radius 3 is 2.87 bits per heavy atom. The number of para-hydroxylation sites is 1. The molecule has 0 spiro atoms. The lowest BCUT2D eigenvalue weighted by Gasteiger charge is -2.26. The van der Waals surface area contributed by atoms with E-state index >= 15 is 0 Å². The molecule has 0 fully saturated rings. The maximum atomic E-state index is 12.7. The number of carbonyl (C=O) groups excluding carboxylic acids is 1. The Hall–Kier alpha value is -3.67. The largest absolute Gasteiger partial charge is 0.346 e. The number of pyridine rings is 1. The van der Waals surface area contributed by atoms with Crippen molar-refractivity contribution in [2.45, 2.75) is 19.3 Å². The first-order valence-electron chi connectivity index (χ1n) is 10.3. The van der Waals surface area contributed by atoms with Crippen LogP contribution in [-0.2, 0) is 11.2 Å². The number of carbonyl (C=O) groups is 1. The molecule has 3 aromatic heterocycles. The Labute approximate surface area is 174 Å². The van der Waals surface area contributed by atoms with Crippen molar-refractivity contribution >= 4 is 22.5 Å². The van der Waals surface area contributed by atoms with E-state index in [1.165, 1.54) is 11.1 Å². The van der Waals surface area contributed by atoms with Crippen LogP contribution in [0, 0.1) is 0 Å². The molecule has 0 saturated heterocycles. The third-order valence-corrected chi connectivity index (χ3v) is 5.64. The fourth-order valence-corrected chi connectivity index (χ4v) is 3.98. The zero-order valence-electron chi connectivity index (χ0n) is 16.7. The zero-order chi connectivity index (χ0) is 20.3. The number of amides is 1. The summed E-state index contributed by atoms with van der Waals surface area (Å²) in [6, 6.07) is 14.0. The van der Waals surface area contributed by atoms with E-state index in [9.17, 15) is 4.79 Å². The number of rotatable bonds is 5. The Kier molecular flexibility index (Phi) is 4.89. The van der Waals surface area contributed by atoms with Crippen molar-refractivity contribution in [2.24, 2.45) is 0 Å².